The van der Waals surface area contributed by atoms with Crippen molar-refractivity contribution in [3.05, 3.63) is 65.7 Å². The number of hydrogen-bond donors (Lipinski definition) is 1. The minimum Gasteiger partial charge on any atom is -0.369 e. The molecule has 2 aromatic carbocycles. The van der Waals surface area contributed by atoms with Crippen molar-refractivity contribution in [3.8, 4) is 0 Å². The second-order valence-electron chi connectivity index (χ2n) is 8.20. The van der Waals surface area contributed by atoms with Gasteiger partial charge in [0.1, 0.15) is 0 Å². The Balaban J connectivity index is 1.22. The molecule has 28 heavy (non-hydrogen) atoms. The molecule has 4 rings (SSSR count). The first-order valence-corrected chi connectivity index (χ1v) is 10.6. The van der Waals surface area contributed by atoms with Crippen LogP contribution in [0.1, 0.15) is 41.6 Å². The monoisotopic (exact) mass is 377 g/mol. The van der Waals surface area contributed by atoms with E-state index in [4.69, 9.17) is 0 Å². The number of carbonyl (C=O) groups excluding carboxylic acids is 1. The van der Waals surface area contributed by atoms with E-state index < -0.39 is 0 Å². The topological polar surface area (TPSA) is 35.6 Å². The zero-order chi connectivity index (χ0) is 19.3. The molecule has 2 fully saturated rings. The molecular weight excluding hydrogens is 346 g/mol. The maximum absolute atomic E-state index is 12.5. The number of aryl methyl sites for hydroxylation is 1. The van der Waals surface area contributed by atoms with E-state index in [1.165, 1.54) is 24.1 Å². The minimum absolute atomic E-state index is 0.0694. The Kier molecular flexibility index (Phi) is 5.96. The van der Waals surface area contributed by atoms with Gasteiger partial charge in [-0.15, -0.1) is 0 Å². The number of piperazine rings is 1. The van der Waals surface area contributed by atoms with Gasteiger partial charge in [-0.3, -0.25) is 9.69 Å². The molecule has 1 aliphatic heterocycles. The van der Waals surface area contributed by atoms with E-state index in [1.54, 1.807) is 0 Å². The Bertz CT molecular complexity index is 758. The normalized spacial score (nSPS) is 23.4. The molecule has 0 spiro atoms. The highest BCUT2D eigenvalue weighted by atomic mass is 16.1. The van der Waals surface area contributed by atoms with Crippen molar-refractivity contribution in [1.82, 2.24) is 10.2 Å². The number of carbonyl (C=O) groups is 1. The number of anilines is 1. The van der Waals surface area contributed by atoms with Gasteiger partial charge in [-0.2, -0.15) is 0 Å². The fraction of sp³-hybridized carbons (Fsp3) is 0.458. The predicted molar refractivity (Wildman–Crippen MR) is 115 cm³/mol. The number of nitrogens with zero attached hydrogens (tertiary/aromatic N) is 2. The summed E-state index contributed by atoms with van der Waals surface area (Å²) in [5.74, 6) is 0.0694. The van der Waals surface area contributed by atoms with Crippen molar-refractivity contribution in [2.45, 2.75) is 44.7 Å². The predicted octanol–water partition coefficient (Wildman–Crippen LogP) is 3.86. The molecule has 4 heteroatoms. The zero-order valence-corrected chi connectivity index (χ0v) is 16.8. The maximum atomic E-state index is 12.5. The first-order valence-electron chi connectivity index (χ1n) is 10.6. The second-order valence-corrected chi connectivity index (χ2v) is 8.20. The van der Waals surface area contributed by atoms with Crippen LogP contribution < -0.4 is 10.2 Å². The molecule has 1 amide bonds. The Morgan fingerprint density at radius 3 is 2.14 bits per heavy atom. The molecule has 0 bridgehead atoms. The van der Waals surface area contributed by atoms with Crippen LogP contribution in [0.15, 0.2) is 54.6 Å². The molecule has 1 heterocycles. The van der Waals surface area contributed by atoms with Crippen LogP contribution in [-0.2, 0) is 0 Å². The lowest BCUT2D eigenvalue weighted by atomic mass is 9.89. The third-order valence-corrected chi connectivity index (χ3v) is 6.30. The summed E-state index contributed by atoms with van der Waals surface area (Å²) in [6.07, 6.45) is 4.54. The van der Waals surface area contributed by atoms with Crippen LogP contribution in [0, 0.1) is 6.92 Å². The Morgan fingerprint density at radius 1 is 0.857 bits per heavy atom. The van der Waals surface area contributed by atoms with Gasteiger partial charge in [0.25, 0.3) is 5.91 Å². The SMILES string of the molecule is Cc1ccc(C(=O)NC2CCC(N3CCN(c4ccccc4)CC3)CC2)cc1. The van der Waals surface area contributed by atoms with Gasteiger partial charge in [-0.05, 0) is 56.9 Å². The molecule has 0 radical (unpaired) electrons. The number of hydrogen-bond acceptors (Lipinski definition) is 3. The summed E-state index contributed by atoms with van der Waals surface area (Å²) < 4.78 is 0. The van der Waals surface area contributed by atoms with Crippen LogP contribution in [0.5, 0.6) is 0 Å². The van der Waals surface area contributed by atoms with E-state index >= 15 is 0 Å². The van der Waals surface area contributed by atoms with Crippen molar-refractivity contribution in [3.63, 3.8) is 0 Å². The van der Waals surface area contributed by atoms with E-state index in [-0.39, 0.29) is 5.91 Å². The van der Waals surface area contributed by atoms with Crippen LogP contribution in [0.4, 0.5) is 5.69 Å². The summed E-state index contributed by atoms with van der Waals surface area (Å²) in [7, 11) is 0. The number of para-hydroxylation sites is 1. The molecule has 148 valence electrons. The first-order chi connectivity index (χ1) is 13.7. The lowest BCUT2D eigenvalue weighted by molar-refractivity contribution is 0.0899. The van der Waals surface area contributed by atoms with Crippen LogP contribution >= 0.6 is 0 Å². The highest BCUT2D eigenvalue weighted by Crippen LogP contribution is 2.25. The molecule has 0 atom stereocenters. The van der Waals surface area contributed by atoms with Crippen LogP contribution in [0.25, 0.3) is 0 Å². The average Bonchev–Trinajstić information content (AvgIpc) is 2.75. The molecule has 2 aromatic rings. The fourth-order valence-electron chi connectivity index (χ4n) is 4.54. The third-order valence-electron chi connectivity index (χ3n) is 6.30. The number of rotatable bonds is 4. The van der Waals surface area contributed by atoms with E-state index in [0.29, 0.717) is 12.1 Å². The lowest BCUT2D eigenvalue weighted by Gasteiger charge is -2.42. The maximum Gasteiger partial charge on any atom is 0.251 e. The van der Waals surface area contributed by atoms with E-state index in [2.05, 4.69) is 45.4 Å². The molecule has 1 N–H and O–H groups in total. The van der Waals surface area contributed by atoms with Gasteiger partial charge in [0.2, 0.25) is 0 Å². The fourth-order valence-corrected chi connectivity index (χ4v) is 4.54. The van der Waals surface area contributed by atoms with Gasteiger partial charge in [-0.25, -0.2) is 0 Å². The quantitative estimate of drug-likeness (QED) is 0.879. The highest BCUT2D eigenvalue weighted by molar-refractivity contribution is 5.94. The molecule has 0 aromatic heterocycles. The second kappa shape index (κ2) is 8.78. The lowest BCUT2D eigenvalue weighted by Crippen LogP contribution is -2.52. The standard InChI is InChI=1S/C24H31N3O/c1-19-7-9-20(10-8-19)24(28)25-21-11-13-23(14-12-21)27-17-15-26(16-18-27)22-5-3-2-4-6-22/h2-10,21,23H,11-18H2,1H3,(H,25,28). The van der Waals surface area contributed by atoms with Gasteiger partial charge >= 0.3 is 0 Å². The van der Waals surface area contributed by atoms with Crippen LogP contribution in [-0.4, -0.2) is 49.1 Å². The van der Waals surface area contributed by atoms with Crippen molar-refractivity contribution >= 4 is 11.6 Å². The highest BCUT2D eigenvalue weighted by Gasteiger charge is 2.29. The Hall–Kier alpha value is -2.33. The Morgan fingerprint density at radius 2 is 1.50 bits per heavy atom. The molecular formula is C24H31N3O. The number of amides is 1. The van der Waals surface area contributed by atoms with Crippen molar-refractivity contribution in [2.24, 2.45) is 0 Å². The molecule has 1 saturated carbocycles. The molecule has 1 saturated heterocycles. The van der Waals surface area contributed by atoms with Gasteiger partial charge < -0.3 is 10.2 Å². The Labute approximate surface area is 168 Å². The largest absolute Gasteiger partial charge is 0.369 e. The molecule has 1 aliphatic carbocycles. The summed E-state index contributed by atoms with van der Waals surface area (Å²) in [5.41, 5.74) is 3.29. The van der Waals surface area contributed by atoms with Crippen molar-refractivity contribution in [2.75, 3.05) is 31.1 Å². The molecule has 2 aliphatic rings. The third kappa shape index (κ3) is 4.56. The van der Waals surface area contributed by atoms with E-state index in [9.17, 15) is 4.79 Å². The number of nitrogens with one attached hydrogen (secondary N) is 1. The van der Waals surface area contributed by atoms with Crippen LogP contribution in [0.3, 0.4) is 0 Å². The minimum atomic E-state index is 0.0694. The summed E-state index contributed by atoms with van der Waals surface area (Å²) in [5, 5.41) is 3.24. The first kappa shape index (κ1) is 19.0. The van der Waals surface area contributed by atoms with Crippen LogP contribution in [0.2, 0.25) is 0 Å². The smallest absolute Gasteiger partial charge is 0.251 e. The summed E-state index contributed by atoms with van der Waals surface area (Å²) in [4.78, 5) is 17.6. The number of benzene rings is 2. The summed E-state index contributed by atoms with van der Waals surface area (Å²) in [6, 6.07) is 19.6. The van der Waals surface area contributed by atoms with Crippen molar-refractivity contribution in [1.29, 1.82) is 0 Å². The zero-order valence-electron chi connectivity index (χ0n) is 16.8. The van der Waals surface area contributed by atoms with Gasteiger partial charge in [-0.1, -0.05) is 35.9 Å². The van der Waals surface area contributed by atoms with E-state index in [0.717, 1.165) is 44.6 Å². The van der Waals surface area contributed by atoms with Gasteiger partial charge in [0.15, 0.2) is 0 Å². The molecule has 0 unspecified atom stereocenters. The van der Waals surface area contributed by atoms with Crippen molar-refractivity contribution < 1.29 is 4.79 Å². The van der Waals surface area contributed by atoms with Gasteiger partial charge in [0, 0.05) is 49.5 Å². The summed E-state index contributed by atoms with van der Waals surface area (Å²) in [6.45, 7) is 6.53. The van der Waals surface area contributed by atoms with E-state index in [1.807, 2.05) is 31.2 Å². The molecule has 4 nitrogen and oxygen atoms in total. The van der Waals surface area contributed by atoms with Gasteiger partial charge in [0.05, 0.1) is 0 Å². The average molecular weight is 378 g/mol. The summed E-state index contributed by atoms with van der Waals surface area (Å²) >= 11 is 0.